The number of carbonyl (C=O) groups excluding carboxylic acids is 1. The van der Waals surface area contributed by atoms with Gasteiger partial charge >= 0.3 is 0 Å². The number of amides is 1. The summed E-state index contributed by atoms with van der Waals surface area (Å²) >= 11 is 3.71. The van der Waals surface area contributed by atoms with Gasteiger partial charge in [-0.2, -0.15) is 0 Å². The van der Waals surface area contributed by atoms with E-state index in [1.165, 1.54) is 6.42 Å². The van der Waals surface area contributed by atoms with E-state index in [9.17, 15) is 4.79 Å². The predicted octanol–water partition coefficient (Wildman–Crippen LogP) is 3.59. The average Bonchev–Trinajstić information content (AvgIpc) is 3.60. The molecule has 0 radical (unpaired) electrons. The summed E-state index contributed by atoms with van der Waals surface area (Å²) in [5.74, 6) is 2.48. The molecule has 1 unspecified atom stereocenters. The molecule has 3 N–H and O–H groups in total. The van der Waals surface area contributed by atoms with Crippen molar-refractivity contribution in [3.8, 4) is 11.5 Å². The number of aromatic amines is 1. The predicted molar refractivity (Wildman–Crippen MR) is 140 cm³/mol. The fraction of sp³-hybridized carbons (Fsp3) is 0.320. The van der Waals surface area contributed by atoms with Gasteiger partial charge in [0, 0.05) is 28.8 Å². The van der Waals surface area contributed by atoms with E-state index in [1.54, 1.807) is 6.33 Å². The van der Waals surface area contributed by atoms with Crippen molar-refractivity contribution in [1.82, 2.24) is 25.7 Å². The van der Waals surface area contributed by atoms with Crippen LogP contribution in [-0.4, -0.2) is 53.1 Å². The average molecular weight is 552 g/mol. The molecule has 4 heterocycles. The second-order valence-electron chi connectivity index (χ2n) is 8.96. The number of nitrogens with zero attached hydrogens (tertiary/aromatic N) is 4. The molecule has 0 bridgehead atoms. The van der Waals surface area contributed by atoms with Crippen LogP contribution in [0.4, 0.5) is 5.69 Å². The molecule has 3 aliphatic heterocycles. The largest absolute Gasteiger partial charge is 0.454 e. The van der Waals surface area contributed by atoms with Gasteiger partial charge in [-0.3, -0.25) is 15.2 Å². The van der Waals surface area contributed by atoms with Gasteiger partial charge in [0.2, 0.25) is 6.79 Å². The summed E-state index contributed by atoms with van der Waals surface area (Å²) in [6, 6.07) is 9.45. The third-order valence-electron chi connectivity index (χ3n) is 6.58. The molecule has 3 aliphatic rings. The molecule has 10 nitrogen and oxygen atoms in total. The topological polar surface area (TPSA) is 107 Å². The zero-order valence-electron chi connectivity index (χ0n) is 19.6. The number of H-pyrrole nitrogens is 1. The number of halogens is 1. The molecule has 3 aromatic rings. The van der Waals surface area contributed by atoms with E-state index in [-0.39, 0.29) is 25.3 Å². The molecule has 0 saturated carbocycles. The number of rotatable bonds is 5. The zero-order valence-corrected chi connectivity index (χ0v) is 21.2. The highest BCUT2D eigenvalue weighted by molar-refractivity contribution is 9.10. The summed E-state index contributed by atoms with van der Waals surface area (Å²) in [5.41, 5.74) is 6.58. The Morgan fingerprint density at radius 2 is 2.00 bits per heavy atom. The first-order valence-corrected chi connectivity index (χ1v) is 12.7. The molecule has 2 fully saturated rings. The minimum absolute atomic E-state index is 0.00178. The lowest BCUT2D eigenvalue weighted by Gasteiger charge is -2.27. The maximum Gasteiger partial charge on any atom is 0.255 e. The van der Waals surface area contributed by atoms with E-state index in [4.69, 9.17) is 14.5 Å². The van der Waals surface area contributed by atoms with Crippen LogP contribution in [0.5, 0.6) is 11.5 Å². The number of hydrogen-bond donors (Lipinski definition) is 3. The number of imidazole rings is 1. The van der Waals surface area contributed by atoms with Crippen molar-refractivity contribution in [3.05, 3.63) is 59.1 Å². The molecule has 1 aromatic heterocycles. The van der Waals surface area contributed by atoms with E-state index < -0.39 is 0 Å². The van der Waals surface area contributed by atoms with E-state index in [1.807, 2.05) is 35.3 Å². The Morgan fingerprint density at radius 3 is 2.83 bits per heavy atom. The highest BCUT2D eigenvalue weighted by Gasteiger charge is 2.38. The first kappa shape index (κ1) is 22.9. The summed E-state index contributed by atoms with van der Waals surface area (Å²) in [6.07, 6.45) is 5.05. The van der Waals surface area contributed by atoms with Crippen LogP contribution < -0.4 is 25.1 Å². The van der Waals surface area contributed by atoms with Gasteiger partial charge in [0.25, 0.3) is 5.91 Å². The lowest BCUT2D eigenvalue weighted by Crippen LogP contribution is -2.46. The number of amidine groups is 1. The van der Waals surface area contributed by atoms with Gasteiger partial charge in [0.05, 0.1) is 17.4 Å². The van der Waals surface area contributed by atoms with Gasteiger partial charge in [0.15, 0.2) is 11.5 Å². The van der Waals surface area contributed by atoms with Crippen LogP contribution in [-0.2, 0) is 4.79 Å². The number of hydrogen-bond acceptors (Lipinski definition) is 7. The maximum atomic E-state index is 12.7. The monoisotopic (exact) mass is 551 g/mol. The molecule has 186 valence electrons. The molecule has 2 aromatic carbocycles. The van der Waals surface area contributed by atoms with Crippen LogP contribution in [0.2, 0.25) is 0 Å². The summed E-state index contributed by atoms with van der Waals surface area (Å²) < 4.78 is 12.0. The number of aromatic nitrogens is 2. The van der Waals surface area contributed by atoms with Crippen molar-refractivity contribution in [3.63, 3.8) is 0 Å². The summed E-state index contributed by atoms with van der Waals surface area (Å²) in [7, 11) is 0. The van der Waals surface area contributed by atoms with Crippen molar-refractivity contribution in [2.24, 2.45) is 4.99 Å². The molecule has 36 heavy (non-hydrogen) atoms. The summed E-state index contributed by atoms with van der Waals surface area (Å²) in [5, 5.41) is 5.29. The number of nitrogens with one attached hydrogen (secondary N) is 3. The van der Waals surface area contributed by atoms with Gasteiger partial charge in [-0.25, -0.2) is 9.99 Å². The van der Waals surface area contributed by atoms with E-state index in [0.29, 0.717) is 23.2 Å². The van der Waals surface area contributed by atoms with Crippen LogP contribution in [0.15, 0.2) is 58.5 Å². The van der Waals surface area contributed by atoms with E-state index in [2.05, 4.69) is 48.1 Å². The minimum Gasteiger partial charge on any atom is -0.454 e. The highest BCUT2D eigenvalue weighted by Crippen LogP contribution is 2.44. The van der Waals surface area contributed by atoms with Crippen LogP contribution in [0.1, 0.15) is 30.9 Å². The first-order chi connectivity index (χ1) is 17.6. The molecule has 1 atom stereocenters. The molecular weight excluding hydrogens is 526 g/mol. The Hall–Kier alpha value is -3.57. The fourth-order valence-corrected chi connectivity index (χ4v) is 5.40. The Morgan fingerprint density at radius 1 is 1.19 bits per heavy atom. The number of piperidine rings is 1. The zero-order chi connectivity index (χ0) is 24.6. The third-order valence-corrected chi connectivity index (χ3v) is 7.27. The second kappa shape index (κ2) is 9.47. The van der Waals surface area contributed by atoms with Crippen LogP contribution >= 0.6 is 15.9 Å². The number of hydrazine groups is 1. The minimum atomic E-state index is -0.371. The van der Waals surface area contributed by atoms with Crippen molar-refractivity contribution in [1.29, 1.82) is 0 Å². The number of carbonyl (C=O) groups is 1. The van der Waals surface area contributed by atoms with Crippen LogP contribution in [0.25, 0.3) is 11.0 Å². The fourth-order valence-electron chi connectivity index (χ4n) is 4.86. The van der Waals surface area contributed by atoms with Gasteiger partial charge in [-0.1, -0.05) is 28.9 Å². The number of ether oxygens (including phenoxy) is 2. The Labute approximate surface area is 216 Å². The van der Waals surface area contributed by atoms with Crippen LogP contribution in [0, 0.1) is 0 Å². The van der Waals surface area contributed by atoms with E-state index in [0.717, 1.165) is 52.7 Å². The van der Waals surface area contributed by atoms with E-state index >= 15 is 0 Å². The molecule has 0 spiro atoms. The molecular formula is C25H26BrN7O3. The Bertz CT molecular complexity index is 1360. The number of anilines is 1. The normalized spacial score (nSPS) is 20.8. The van der Waals surface area contributed by atoms with Crippen molar-refractivity contribution in [2.45, 2.75) is 25.3 Å². The van der Waals surface area contributed by atoms with Crippen molar-refractivity contribution < 1.29 is 14.3 Å². The Kier molecular flexibility index (Phi) is 6.02. The summed E-state index contributed by atoms with van der Waals surface area (Å²) in [4.78, 5) is 27.0. The van der Waals surface area contributed by atoms with Crippen molar-refractivity contribution in [2.75, 3.05) is 31.3 Å². The second-order valence-corrected chi connectivity index (χ2v) is 9.81. The molecule has 2 saturated heterocycles. The maximum absolute atomic E-state index is 12.7. The summed E-state index contributed by atoms with van der Waals surface area (Å²) in [6.45, 7) is 6.17. The van der Waals surface area contributed by atoms with Gasteiger partial charge in [-0.15, -0.1) is 0 Å². The Balaban J connectivity index is 1.35. The molecule has 1 amide bonds. The first-order valence-electron chi connectivity index (χ1n) is 11.9. The van der Waals surface area contributed by atoms with Crippen LogP contribution in [0.3, 0.4) is 0 Å². The smallest absolute Gasteiger partial charge is 0.255 e. The molecule has 0 aliphatic carbocycles. The number of fused-ring (bicyclic) bond motifs is 2. The van der Waals surface area contributed by atoms with Gasteiger partial charge < -0.3 is 24.7 Å². The number of aliphatic imine (C=N–C) groups is 1. The lowest BCUT2D eigenvalue weighted by atomic mass is 10.0. The highest BCUT2D eigenvalue weighted by atomic mass is 79.9. The molecule has 11 heteroatoms. The van der Waals surface area contributed by atoms with Gasteiger partial charge in [-0.05, 0) is 43.2 Å². The SMILES string of the molecule is C=C1NC(=NCC(=O)NN2CCCCC2)C(c2cc3c(cc2Br)OCO3)N1c1ccc2nc[nH]c2c1. The van der Waals surface area contributed by atoms with Crippen molar-refractivity contribution >= 4 is 44.4 Å². The number of benzene rings is 2. The quantitative estimate of drug-likeness (QED) is 0.444. The molecule has 6 rings (SSSR count). The van der Waals surface area contributed by atoms with Gasteiger partial charge in [0.1, 0.15) is 24.2 Å². The standard InChI is InChI=1S/C25H26BrN7O3/c1-15-30-25(27-12-23(34)31-32-7-3-2-4-8-32)24(17-10-21-22(11-18(17)26)36-14-35-21)33(15)16-5-6-19-20(9-16)29-13-28-19/h5-6,9-11,13,24H,1-4,7-8,12,14H2,(H,27,30)(H,28,29)(H,31,34). The third kappa shape index (κ3) is 4.28. The lowest BCUT2D eigenvalue weighted by molar-refractivity contribution is -0.124.